The molecule has 2 aromatic rings. The molecule has 2 rings (SSSR count). The zero-order chi connectivity index (χ0) is 20.1. The third-order valence-electron chi connectivity index (χ3n) is 3.50. The minimum atomic E-state index is -3.66. The van der Waals surface area contributed by atoms with E-state index in [1.54, 1.807) is 24.3 Å². The Morgan fingerprint density at radius 1 is 0.926 bits per heavy atom. The Morgan fingerprint density at radius 3 is 2.19 bits per heavy atom. The molecule has 146 valence electrons. The number of carbonyl (C=O) groups is 1. The second kappa shape index (κ2) is 8.51. The standard InChI is InChI=1S/C17H21N3O5S2/c1-13-7-9-14(10-8-13)27(24,25)19-12-11-18-17(21)15-5-3-4-6-16(15)20-26(2,22)23/h3-10,19-20H,11-12H2,1-2H3,(H,18,21). The molecular formula is C17H21N3O5S2. The van der Waals surface area contributed by atoms with E-state index in [0.717, 1.165) is 11.8 Å². The van der Waals surface area contributed by atoms with E-state index < -0.39 is 26.0 Å². The summed E-state index contributed by atoms with van der Waals surface area (Å²) in [5, 5.41) is 2.56. The number of para-hydroxylation sites is 1. The van der Waals surface area contributed by atoms with Crippen molar-refractivity contribution in [1.29, 1.82) is 0 Å². The van der Waals surface area contributed by atoms with Crippen LogP contribution in [0.1, 0.15) is 15.9 Å². The molecule has 2 aromatic carbocycles. The number of anilines is 1. The molecule has 0 unspecified atom stereocenters. The van der Waals surface area contributed by atoms with Crippen molar-refractivity contribution in [1.82, 2.24) is 10.0 Å². The molecule has 1 amide bonds. The molecule has 3 N–H and O–H groups in total. The van der Waals surface area contributed by atoms with Gasteiger partial charge >= 0.3 is 0 Å². The van der Waals surface area contributed by atoms with Crippen molar-refractivity contribution in [2.75, 3.05) is 24.1 Å². The first-order valence-electron chi connectivity index (χ1n) is 8.00. The zero-order valence-corrected chi connectivity index (χ0v) is 16.5. The monoisotopic (exact) mass is 411 g/mol. The van der Waals surface area contributed by atoms with E-state index in [1.165, 1.54) is 24.3 Å². The molecule has 10 heteroatoms. The van der Waals surface area contributed by atoms with E-state index in [1.807, 2.05) is 6.92 Å². The topological polar surface area (TPSA) is 121 Å². The highest BCUT2D eigenvalue weighted by Crippen LogP contribution is 2.16. The summed E-state index contributed by atoms with van der Waals surface area (Å²) in [5.41, 5.74) is 1.24. The lowest BCUT2D eigenvalue weighted by Crippen LogP contribution is -2.35. The first-order valence-corrected chi connectivity index (χ1v) is 11.4. The van der Waals surface area contributed by atoms with Crippen LogP contribution in [0.2, 0.25) is 0 Å². The number of aryl methyl sites for hydroxylation is 1. The largest absolute Gasteiger partial charge is 0.351 e. The molecule has 8 nitrogen and oxygen atoms in total. The minimum Gasteiger partial charge on any atom is -0.351 e. The summed E-state index contributed by atoms with van der Waals surface area (Å²) >= 11 is 0. The third kappa shape index (κ3) is 6.35. The molecule has 0 saturated heterocycles. The first kappa shape index (κ1) is 20.9. The lowest BCUT2D eigenvalue weighted by molar-refractivity contribution is 0.0955. The second-order valence-corrected chi connectivity index (χ2v) is 9.40. The SMILES string of the molecule is Cc1ccc(S(=O)(=O)NCCNC(=O)c2ccccc2NS(C)(=O)=O)cc1. The Morgan fingerprint density at radius 2 is 1.56 bits per heavy atom. The Bertz CT molecular complexity index is 1020. The van der Waals surface area contributed by atoms with E-state index >= 15 is 0 Å². The van der Waals surface area contributed by atoms with Gasteiger partial charge in [-0.25, -0.2) is 21.6 Å². The van der Waals surface area contributed by atoms with Crippen LogP contribution in [0.5, 0.6) is 0 Å². The lowest BCUT2D eigenvalue weighted by atomic mass is 10.1. The Kier molecular flexibility index (Phi) is 6.58. The van der Waals surface area contributed by atoms with Gasteiger partial charge in [-0.15, -0.1) is 0 Å². The molecule has 0 heterocycles. The summed E-state index contributed by atoms with van der Waals surface area (Å²) in [6.07, 6.45) is 0.988. The van der Waals surface area contributed by atoms with Crippen molar-refractivity contribution in [2.45, 2.75) is 11.8 Å². The molecule has 0 aromatic heterocycles. The molecule has 27 heavy (non-hydrogen) atoms. The van der Waals surface area contributed by atoms with Crippen LogP contribution in [-0.4, -0.2) is 42.1 Å². The summed E-state index contributed by atoms with van der Waals surface area (Å²) in [5.74, 6) is -0.517. The highest BCUT2D eigenvalue weighted by molar-refractivity contribution is 7.92. The van der Waals surface area contributed by atoms with Crippen molar-refractivity contribution < 1.29 is 21.6 Å². The van der Waals surface area contributed by atoms with Crippen LogP contribution in [0.15, 0.2) is 53.4 Å². The number of benzene rings is 2. The van der Waals surface area contributed by atoms with Crippen LogP contribution in [0.3, 0.4) is 0 Å². The van der Waals surface area contributed by atoms with E-state index in [9.17, 15) is 21.6 Å². The average Bonchev–Trinajstić information content (AvgIpc) is 2.58. The van der Waals surface area contributed by atoms with Crippen LogP contribution in [0, 0.1) is 6.92 Å². The first-order chi connectivity index (χ1) is 12.6. The maximum absolute atomic E-state index is 12.3. The highest BCUT2D eigenvalue weighted by atomic mass is 32.2. The van der Waals surface area contributed by atoms with Crippen LogP contribution in [0.4, 0.5) is 5.69 Å². The van der Waals surface area contributed by atoms with Gasteiger partial charge in [-0.05, 0) is 31.2 Å². The fraction of sp³-hybridized carbons (Fsp3) is 0.235. The lowest BCUT2D eigenvalue weighted by Gasteiger charge is -2.11. The maximum atomic E-state index is 12.3. The van der Waals surface area contributed by atoms with Crippen molar-refractivity contribution in [3.63, 3.8) is 0 Å². The fourth-order valence-corrected chi connectivity index (χ4v) is 3.84. The van der Waals surface area contributed by atoms with Gasteiger partial charge in [0.2, 0.25) is 20.0 Å². The maximum Gasteiger partial charge on any atom is 0.253 e. The molecule has 0 aliphatic carbocycles. The van der Waals surface area contributed by atoms with Crippen LogP contribution < -0.4 is 14.8 Å². The van der Waals surface area contributed by atoms with Gasteiger partial charge in [-0.1, -0.05) is 29.8 Å². The quantitative estimate of drug-likeness (QED) is 0.561. The zero-order valence-electron chi connectivity index (χ0n) is 14.9. The van der Waals surface area contributed by atoms with Gasteiger partial charge in [-0.3, -0.25) is 9.52 Å². The van der Waals surface area contributed by atoms with Gasteiger partial charge in [-0.2, -0.15) is 0 Å². The summed E-state index contributed by atoms with van der Waals surface area (Å²) < 4.78 is 51.8. The number of nitrogens with one attached hydrogen (secondary N) is 3. The molecule has 0 spiro atoms. The van der Waals surface area contributed by atoms with Crippen LogP contribution >= 0.6 is 0 Å². The van der Waals surface area contributed by atoms with Crippen molar-refractivity contribution in [3.8, 4) is 0 Å². The van der Waals surface area contributed by atoms with E-state index in [0.29, 0.717) is 0 Å². The summed E-state index contributed by atoms with van der Waals surface area (Å²) in [4.78, 5) is 12.4. The molecule has 0 radical (unpaired) electrons. The van der Waals surface area contributed by atoms with Gasteiger partial charge in [0.15, 0.2) is 0 Å². The number of amides is 1. The average molecular weight is 412 g/mol. The second-order valence-electron chi connectivity index (χ2n) is 5.89. The van der Waals surface area contributed by atoms with Gasteiger partial charge in [0.25, 0.3) is 5.91 Å². The van der Waals surface area contributed by atoms with Gasteiger partial charge in [0, 0.05) is 13.1 Å². The van der Waals surface area contributed by atoms with Crippen molar-refractivity contribution in [3.05, 3.63) is 59.7 Å². The van der Waals surface area contributed by atoms with E-state index in [-0.39, 0.29) is 29.2 Å². The summed E-state index contributed by atoms with van der Waals surface area (Å²) in [6, 6.07) is 12.5. The number of rotatable bonds is 8. The Hall–Kier alpha value is -2.43. The molecular weight excluding hydrogens is 390 g/mol. The molecule has 0 bridgehead atoms. The van der Waals surface area contributed by atoms with Gasteiger partial charge in [0.1, 0.15) is 0 Å². The molecule has 0 fully saturated rings. The van der Waals surface area contributed by atoms with Crippen LogP contribution in [0.25, 0.3) is 0 Å². The third-order valence-corrected chi connectivity index (χ3v) is 5.57. The number of hydrogen-bond acceptors (Lipinski definition) is 5. The van der Waals surface area contributed by atoms with Gasteiger partial charge < -0.3 is 5.32 Å². The number of hydrogen-bond donors (Lipinski definition) is 3. The number of sulfonamides is 2. The molecule has 0 aliphatic heterocycles. The van der Waals surface area contributed by atoms with E-state index in [2.05, 4.69) is 14.8 Å². The predicted octanol–water partition coefficient (Wildman–Crippen LogP) is 1.07. The number of carbonyl (C=O) groups excluding carboxylic acids is 1. The predicted molar refractivity (Wildman–Crippen MR) is 104 cm³/mol. The normalized spacial score (nSPS) is 11.8. The molecule has 0 saturated carbocycles. The Balaban J connectivity index is 1.94. The Labute approximate surface area is 159 Å². The van der Waals surface area contributed by atoms with Crippen molar-refractivity contribution in [2.24, 2.45) is 0 Å². The van der Waals surface area contributed by atoms with Crippen molar-refractivity contribution >= 4 is 31.6 Å². The molecule has 0 atom stereocenters. The van der Waals surface area contributed by atoms with E-state index in [4.69, 9.17) is 0 Å². The summed E-state index contributed by atoms with van der Waals surface area (Å²) in [7, 11) is -7.20. The fourth-order valence-electron chi connectivity index (χ4n) is 2.23. The molecule has 0 aliphatic rings. The van der Waals surface area contributed by atoms with Crippen LogP contribution in [-0.2, 0) is 20.0 Å². The smallest absolute Gasteiger partial charge is 0.253 e. The van der Waals surface area contributed by atoms with Gasteiger partial charge in [0.05, 0.1) is 22.4 Å². The minimum absolute atomic E-state index is 0.0103. The highest BCUT2D eigenvalue weighted by Gasteiger charge is 2.15. The summed E-state index contributed by atoms with van der Waals surface area (Å²) in [6.45, 7) is 1.89.